The number of rotatable bonds is 4. The maximum absolute atomic E-state index is 12.3. The van der Waals surface area contributed by atoms with Crippen molar-refractivity contribution in [2.75, 3.05) is 0 Å². The second-order valence-corrected chi connectivity index (χ2v) is 7.02. The summed E-state index contributed by atoms with van der Waals surface area (Å²) in [5, 5.41) is 4.88. The van der Waals surface area contributed by atoms with Crippen molar-refractivity contribution in [3.05, 3.63) is 65.1 Å². The highest BCUT2D eigenvalue weighted by Crippen LogP contribution is 2.31. The lowest BCUT2D eigenvalue weighted by atomic mass is 10.1. The fourth-order valence-corrected chi connectivity index (χ4v) is 3.53. The zero-order valence-corrected chi connectivity index (χ0v) is 15.6. The molecule has 0 N–H and O–H groups in total. The first-order valence-corrected chi connectivity index (χ1v) is 9.18. The van der Waals surface area contributed by atoms with E-state index in [1.54, 1.807) is 0 Å². The molecule has 134 valence electrons. The van der Waals surface area contributed by atoms with Crippen molar-refractivity contribution in [2.45, 2.75) is 46.7 Å². The van der Waals surface area contributed by atoms with Gasteiger partial charge in [-0.05, 0) is 55.7 Å². The molecule has 0 fully saturated rings. The van der Waals surface area contributed by atoms with Gasteiger partial charge >= 0.3 is 0 Å². The molecule has 1 aliphatic heterocycles. The van der Waals surface area contributed by atoms with E-state index in [2.05, 4.69) is 36.6 Å². The molecule has 1 aliphatic rings. The summed E-state index contributed by atoms with van der Waals surface area (Å²) in [6, 6.07) is 10.4. The van der Waals surface area contributed by atoms with Gasteiger partial charge in [0.05, 0.1) is 24.5 Å². The molecule has 0 saturated heterocycles. The molecular formula is C21H24N4O. The summed E-state index contributed by atoms with van der Waals surface area (Å²) in [5.41, 5.74) is 5.71. The second kappa shape index (κ2) is 6.48. The van der Waals surface area contributed by atoms with Gasteiger partial charge < -0.3 is 9.47 Å². The van der Waals surface area contributed by atoms with Crippen LogP contribution in [0.25, 0.3) is 11.5 Å². The molecule has 2 aromatic heterocycles. The molecule has 0 aliphatic carbocycles. The van der Waals surface area contributed by atoms with E-state index in [0.717, 1.165) is 29.2 Å². The van der Waals surface area contributed by atoms with Gasteiger partial charge in [0.2, 0.25) is 5.91 Å². The highest BCUT2D eigenvalue weighted by Gasteiger charge is 2.30. The largest absolute Gasteiger partial charge is 0.332 e. The predicted octanol–water partition coefficient (Wildman–Crippen LogP) is 3.92. The number of aryl methyl sites for hydroxylation is 2. The molecule has 0 unspecified atom stereocenters. The summed E-state index contributed by atoms with van der Waals surface area (Å²) in [6.45, 7) is 7.51. The molecule has 0 saturated carbocycles. The van der Waals surface area contributed by atoms with Gasteiger partial charge in [-0.15, -0.1) is 0 Å². The third kappa shape index (κ3) is 2.73. The van der Waals surface area contributed by atoms with Crippen molar-refractivity contribution in [1.29, 1.82) is 0 Å². The number of carbonyl (C=O) groups is 1. The first-order valence-electron chi connectivity index (χ1n) is 9.18. The molecule has 0 atom stereocenters. The summed E-state index contributed by atoms with van der Waals surface area (Å²) in [7, 11) is 0. The minimum Gasteiger partial charge on any atom is -0.332 e. The van der Waals surface area contributed by atoms with Crippen LogP contribution in [0.3, 0.4) is 0 Å². The Balaban J connectivity index is 1.80. The fourth-order valence-electron chi connectivity index (χ4n) is 3.53. The van der Waals surface area contributed by atoms with E-state index >= 15 is 0 Å². The summed E-state index contributed by atoms with van der Waals surface area (Å²) < 4.78 is 4.10. The Hall–Kier alpha value is -2.82. The Morgan fingerprint density at radius 3 is 2.58 bits per heavy atom. The summed E-state index contributed by atoms with van der Waals surface area (Å²) in [4.78, 5) is 14.2. The van der Waals surface area contributed by atoms with Gasteiger partial charge in [0, 0.05) is 24.4 Å². The minimum absolute atomic E-state index is 0.210. The standard InChI is InChI=1S/C21H24N4O/c1-4-7-20(26)24-13-18-19(14-24)22-25(21(18)23-10-5-6-11-23)17-9-8-15(2)16(3)12-17/h5-6,8-12H,4,7,13-14H2,1-3H3. The van der Waals surface area contributed by atoms with Crippen LogP contribution in [0.5, 0.6) is 0 Å². The van der Waals surface area contributed by atoms with Crippen LogP contribution in [0.2, 0.25) is 0 Å². The van der Waals surface area contributed by atoms with Gasteiger partial charge in [0.25, 0.3) is 0 Å². The van der Waals surface area contributed by atoms with E-state index in [9.17, 15) is 4.79 Å². The highest BCUT2D eigenvalue weighted by atomic mass is 16.2. The Labute approximate surface area is 153 Å². The number of fused-ring (bicyclic) bond motifs is 1. The molecule has 0 radical (unpaired) electrons. The third-order valence-electron chi connectivity index (χ3n) is 5.13. The van der Waals surface area contributed by atoms with Gasteiger partial charge in [0.15, 0.2) is 0 Å². The number of amides is 1. The van der Waals surface area contributed by atoms with Crippen LogP contribution >= 0.6 is 0 Å². The molecule has 0 spiro atoms. The molecule has 4 rings (SSSR count). The SMILES string of the molecule is CCCC(=O)N1Cc2nn(-c3ccc(C)c(C)c3)c(-n3cccc3)c2C1. The van der Waals surface area contributed by atoms with Gasteiger partial charge in [0.1, 0.15) is 5.82 Å². The summed E-state index contributed by atoms with van der Waals surface area (Å²) >= 11 is 0. The lowest BCUT2D eigenvalue weighted by Crippen LogP contribution is -2.25. The van der Waals surface area contributed by atoms with Crippen LogP contribution in [-0.2, 0) is 17.9 Å². The summed E-state index contributed by atoms with van der Waals surface area (Å²) in [6.07, 6.45) is 5.54. The highest BCUT2D eigenvalue weighted by molar-refractivity contribution is 5.77. The third-order valence-corrected chi connectivity index (χ3v) is 5.13. The zero-order valence-electron chi connectivity index (χ0n) is 15.6. The van der Waals surface area contributed by atoms with Crippen LogP contribution < -0.4 is 0 Å². The maximum Gasteiger partial charge on any atom is 0.223 e. The Morgan fingerprint density at radius 2 is 1.88 bits per heavy atom. The van der Waals surface area contributed by atoms with Crippen molar-refractivity contribution in [1.82, 2.24) is 19.2 Å². The maximum atomic E-state index is 12.3. The lowest BCUT2D eigenvalue weighted by Gasteiger charge is -2.17. The fraction of sp³-hybridized carbons (Fsp3) is 0.333. The first-order chi connectivity index (χ1) is 12.6. The van der Waals surface area contributed by atoms with Gasteiger partial charge in [-0.25, -0.2) is 4.68 Å². The normalized spacial score (nSPS) is 13.3. The predicted molar refractivity (Wildman–Crippen MR) is 102 cm³/mol. The molecule has 5 heteroatoms. The zero-order chi connectivity index (χ0) is 18.3. The molecule has 0 bridgehead atoms. The monoisotopic (exact) mass is 348 g/mol. The molecule has 3 heterocycles. The lowest BCUT2D eigenvalue weighted by molar-refractivity contribution is -0.131. The van der Waals surface area contributed by atoms with Crippen LogP contribution in [0, 0.1) is 13.8 Å². The summed E-state index contributed by atoms with van der Waals surface area (Å²) in [5.74, 6) is 1.24. The van der Waals surface area contributed by atoms with E-state index in [-0.39, 0.29) is 5.91 Å². The van der Waals surface area contributed by atoms with Crippen molar-refractivity contribution in [2.24, 2.45) is 0 Å². The van der Waals surface area contributed by atoms with Crippen LogP contribution in [-0.4, -0.2) is 25.2 Å². The first kappa shape index (κ1) is 16.6. The molecule has 26 heavy (non-hydrogen) atoms. The molecular weight excluding hydrogens is 324 g/mol. The number of aromatic nitrogens is 3. The van der Waals surface area contributed by atoms with E-state index in [1.807, 2.05) is 41.0 Å². The van der Waals surface area contributed by atoms with Gasteiger partial charge in [-0.2, -0.15) is 5.10 Å². The second-order valence-electron chi connectivity index (χ2n) is 7.02. The Morgan fingerprint density at radius 1 is 1.12 bits per heavy atom. The molecule has 1 aromatic carbocycles. The number of hydrogen-bond acceptors (Lipinski definition) is 2. The topological polar surface area (TPSA) is 43.1 Å². The van der Waals surface area contributed by atoms with Crippen LogP contribution in [0.15, 0.2) is 42.7 Å². The molecule has 1 amide bonds. The van der Waals surface area contributed by atoms with Crippen molar-refractivity contribution in [3.8, 4) is 11.5 Å². The smallest absolute Gasteiger partial charge is 0.223 e. The average molecular weight is 348 g/mol. The minimum atomic E-state index is 0.210. The van der Waals surface area contributed by atoms with E-state index in [0.29, 0.717) is 19.5 Å². The molecule has 5 nitrogen and oxygen atoms in total. The Bertz CT molecular complexity index is 953. The van der Waals surface area contributed by atoms with Gasteiger partial charge in [-0.1, -0.05) is 13.0 Å². The van der Waals surface area contributed by atoms with E-state index in [4.69, 9.17) is 5.10 Å². The number of benzene rings is 1. The van der Waals surface area contributed by atoms with Crippen molar-refractivity contribution in [3.63, 3.8) is 0 Å². The molecule has 3 aromatic rings. The van der Waals surface area contributed by atoms with Crippen molar-refractivity contribution < 1.29 is 4.79 Å². The number of carbonyl (C=O) groups excluding carboxylic acids is 1. The number of nitrogens with zero attached hydrogens (tertiary/aromatic N) is 4. The van der Waals surface area contributed by atoms with E-state index in [1.165, 1.54) is 11.1 Å². The van der Waals surface area contributed by atoms with Crippen LogP contribution in [0.1, 0.15) is 42.1 Å². The van der Waals surface area contributed by atoms with Crippen molar-refractivity contribution >= 4 is 5.91 Å². The number of hydrogen-bond donors (Lipinski definition) is 0. The Kier molecular flexibility index (Phi) is 4.15. The average Bonchev–Trinajstić information content (AvgIpc) is 3.32. The van der Waals surface area contributed by atoms with Gasteiger partial charge in [-0.3, -0.25) is 4.79 Å². The van der Waals surface area contributed by atoms with E-state index < -0.39 is 0 Å². The van der Waals surface area contributed by atoms with Crippen LogP contribution in [0.4, 0.5) is 0 Å². The quantitative estimate of drug-likeness (QED) is 0.717.